The lowest BCUT2D eigenvalue weighted by molar-refractivity contribution is 0.398. The average Bonchev–Trinajstić information content (AvgIpc) is 2.45. The Balaban J connectivity index is 2.10. The lowest BCUT2D eigenvalue weighted by Gasteiger charge is -2.18. The van der Waals surface area contributed by atoms with Crippen LogP contribution in [0.4, 0.5) is 5.69 Å². The molecule has 0 saturated heterocycles. The maximum atomic E-state index is 5.01. The van der Waals surface area contributed by atoms with E-state index in [1.165, 1.54) is 5.56 Å². The maximum absolute atomic E-state index is 5.01. The van der Waals surface area contributed by atoms with Crippen molar-refractivity contribution in [2.45, 2.75) is 26.2 Å². The van der Waals surface area contributed by atoms with E-state index in [4.69, 9.17) is 4.74 Å². The number of benzene rings is 1. The van der Waals surface area contributed by atoms with Crippen LogP contribution in [0.25, 0.3) is 0 Å². The van der Waals surface area contributed by atoms with Gasteiger partial charge in [-0.15, -0.1) is 0 Å². The van der Waals surface area contributed by atoms with Gasteiger partial charge in [-0.2, -0.15) is 0 Å². The van der Waals surface area contributed by atoms with Crippen molar-refractivity contribution in [2.75, 3.05) is 7.11 Å². The summed E-state index contributed by atoms with van der Waals surface area (Å²) in [5.74, 6) is 0.596. The van der Waals surface area contributed by atoms with Gasteiger partial charge in [0.05, 0.1) is 19.0 Å². The van der Waals surface area contributed by atoms with Crippen LogP contribution in [0.5, 0.6) is 5.88 Å². The molecule has 0 fully saturated rings. The van der Waals surface area contributed by atoms with Crippen molar-refractivity contribution in [1.29, 1.82) is 0 Å². The Hall–Kier alpha value is -2.16. The molecule has 0 spiro atoms. The minimum atomic E-state index is 0.176. The Morgan fingerprint density at radius 1 is 1.05 bits per heavy atom. The van der Waals surface area contributed by atoms with Gasteiger partial charge in [-0.25, -0.2) is 4.98 Å². The lowest BCUT2D eigenvalue weighted by atomic mass is 9.87. The Morgan fingerprint density at radius 3 is 2.25 bits per heavy atom. The second-order valence-corrected chi connectivity index (χ2v) is 5.69. The zero-order valence-electron chi connectivity index (χ0n) is 12.4. The number of ether oxygens (including phenoxy) is 1. The molecule has 3 nitrogen and oxygen atoms in total. The highest BCUT2D eigenvalue weighted by atomic mass is 16.5. The van der Waals surface area contributed by atoms with Gasteiger partial charge in [-0.05, 0) is 22.6 Å². The van der Waals surface area contributed by atoms with Crippen molar-refractivity contribution in [3.05, 3.63) is 53.7 Å². The Morgan fingerprint density at radius 2 is 1.75 bits per heavy atom. The fourth-order valence-electron chi connectivity index (χ4n) is 1.79. The normalized spacial score (nSPS) is 11.8. The van der Waals surface area contributed by atoms with Gasteiger partial charge in [0.1, 0.15) is 0 Å². The fraction of sp³-hybridized carbons (Fsp3) is 0.294. The molecule has 2 aromatic rings. The van der Waals surface area contributed by atoms with Crippen LogP contribution in [0.2, 0.25) is 0 Å². The Bertz CT molecular complexity index is 578. The summed E-state index contributed by atoms with van der Waals surface area (Å²) in [7, 11) is 1.60. The summed E-state index contributed by atoms with van der Waals surface area (Å²) in [6, 6.07) is 12.1. The third kappa shape index (κ3) is 3.67. The second kappa shape index (κ2) is 5.87. The lowest BCUT2D eigenvalue weighted by Crippen LogP contribution is -2.10. The van der Waals surface area contributed by atoms with E-state index in [-0.39, 0.29) is 5.41 Å². The first-order valence-corrected chi connectivity index (χ1v) is 6.64. The van der Waals surface area contributed by atoms with Crippen LogP contribution in [0.3, 0.4) is 0 Å². The van der Waals surface area contributed by atoms with Crippen molar-refractivity contribution in [2.24, 2.45) is 4.99 Å². The van der Waals surface area contributed by atoms with Crippen LogP contribution in [0, 0.1) is 0 Å². The van der Waals surface area contributed by atoms with Gasteiger partial charge in [-0.3, -0.25) is 4.99 Å². The average molecular weight is 268 g/mol. The van der Waals surface area contributed by atoms with Gasteiger partial charge in [-0.1, -0.05) is 45.0 Å². The minimum absolute atomic E-state index is 0.176. The number of pyridine rings is 1. The number of rotatable bonds is 3. The number of aromatic nitrogens is 1. The van der Waals surface area contributed by atoms with Crippen LogP contribution in [0.15, 0.2) is 47.6 Å². The molecule has 1 aromatic heterocycles. The summed E-state index contributed by atoms with van der Waals surface area (Å²) in [4.78, 5) is 8.52. The molecule has 0 radical (unpaired) electrons. The predicted octanol–water partition coefficient (Wildman–Crippen LogP) is 4.14. The highest BCUT2D eigenvalue weighted by Gasteiger charge is 2.12. The van der Waals surface area contributed by atoms with Crippen molar-refractivity contribution >= 4 is 11.9 Å². The molecule has 0 saturated carbocycles. The van der Waals surface area contributed by atoms with E-state index in [2.05, 4.69) is 55.0 Å². The largest absolute Gasteiger partial charge is 0.481 e. The Labute approximate surface area is 120 Å². The van der Waals surface area contributed by atoms with Crippen molar-refractivity contribution < 1.29 is 4.74 Å². The molecule has 0 bridgehead atoms. The smallest absolute Gasteiger partial charge is 0.213 e. The topological polar surface area (TPSA) is 34.5 Å². The van der Waals surface area contributed by atoms with E-state index in [0.717, 1.165) is 11.3 Å². The van der Waals surface area contributed by atoms with E-state index in [1.54, 1.807) is 19.4 Å². The molecule has 3 heteroatoms. The zero-order valence-corrected chi connectivity index (χ0v) is 12.4. The molecule has 2 rings (SSSR count). The summed E-state index contributed by atoms with van der Waals surface area (Å²) in [5.41, 5.74) is 3.38. The number of aliphatic imine (C=N–C) groups is 1. The summed E-state index contributed by atoms with van der Waals surface area (Å²) >= 11 is 0. The van der Waals surface area contributed by atoms with Gasteiger partial charge in [0.25, 0.3) is 0 Å². The first-order chi connectivity index (χ1) is 9.49. The molecular weight excluding hydrogens is 248 g/mol. The van der Waals surface area contributed by atoms with Crippen LogP contribution >= 0.6 is 0 Å². The summed E-state index contributed by atoms with van der Waals surface area (Å²) in [5, 5.41) is 0. The molecule has 0 aliphatic carbocycles. The molecule has 0 amide bonds. The number of hydrogen-bond donors (Lipinski definition) is 0. The minimum Gasteiger partial charge on any atom is -0.481 e. The SMILES string of the molecule is COc1ccc(N=Cc2ccc(C(C)(C)C)cc2)cn1. The van der Waals surface area contributed by atoms with Gasteiger partial charge >= 0.3 is 0 Å². The predicted molar refractivity (Wildman–Crippen MR) is 83.2 cm³/mol. The van der Waals surface area contributed by atoms with Crippen LogP contribution < -0.4 is 4.74 Å². The maximum Gasteiger partial charge on any atom is 0.213 e. The molecule has 0 N–H and O–H groups in total. The highest BCUT2D eigenvalue weighted by Crippen LogP contribution is 2.22. The molecule has 1 heterocycles. The first-order valence-electron chi connectivity index (χ1n) is 6.64. The highest BCUT2D eigenvalue weighted by molar-refractivity contribution is 5.81. The second-order valence-electron chi connectivity index (χ2n) is 5.69. The quantitative estimate of drug-likeness (QED) is 0.784. The summed E-state index contributed by atoms with van der Waals surface area (Å²) < 4.78 is 5.01. The molecule has 0 atom stereocenters. The standard InChI is InChI=1S/C17H20N2O/c1-17(2,3)14-7-5-13(6-8-14)11-18-15-9-10-16(20-4)19-12-15/h5-12H,1-4H3. The van der Waals surface area contributed by atoms with E-state index < -0.39 is 0 Å². The first kappa shape index (κ1) is 14.3. The molecule has 20 heavy (non-hydrogen) atoms. The summed E-state index contributed by atoms with van der Waals surface area (Å²) in [6.45, 7) is 6.62. The van der Waals surface area contributed by atoms with Crippen LogP contribution in [-0.2, 0) is 5.41 Å². The van der Waals surface area contributed by atoms with Crippen molar-refractivity contribution in [1.82, 2.24) is 4.98 Å². The molecule has 0 unspecified atom stereocenters. The number of nitrogens with zero attached hydrogens (tertiary/aromatic N) is 2. The van der Waals surface area contributed by atoms with Gasteiger partial charge in [0.2, 0.25) is 5.88 Å². The van der Waals surface area contributed by atoms with Crippen molar-refractivity contribution in [3.63, 3.8) is 0 Å². The molecule has 1 aromatic carbocycles. The molecule has 104 valence electrons. The Kier molecular flexibility index (Phi) is 4.18. The fourth-order valence-corrected chi connectivity index (χ4v) is 1.79. The number of methoxy groups -OCH3 is 1. The van der Waals surface area contributed by atoms with Crippen LogP contribution in [0.1, 0.15) is 31.9 Å². The monoisotopic (exact) mass is 268 g/mol. The van der Waals surface area contributed by atoms with E-state index in [0.29, 0.717) is 5.88 Å². The molecular formula is C17H20N2O. The van der Waals surface area contributed by atoms with Gasteiger partial charge in [0.15, 0.2) is 0 Å². The van der Waals surface area contributed by atoms with E-state index in [9.17, 15) is 0 Å². The third-order valence-corrected chi connectivity index (χ3v) is 3.07. The zero-order chi connectivity index (χ0) is 14.6. The van der Waals surface area contributed by atoms with Crippen molar-refractivity contribution in [3.8, 4) is 5.88 Å². The third-order valence-electron chi connectivity index (χ3n) is 3.07. The van der Waals surface area contributed by atoms with Gasteiger partial charge in [0, 0.05) is 12.3 Å². The molecule has 0 aliphatic heterocycles. The molecule has 0 aliphatic rings. The summed E-state index contributed by atoms with van der Waals surface area (Å²) in [6.07, 6.45) is 3.54. The van der Waals surface area contributed by atoms with E-state index >= 15 is 0 Å². The van der Waals surface area contributed by atoms with Crippen LogP contribution in [-0.4, -0.2) is 18.3 Å². The van der Waals surface area contributed by atoms with E-state index in [1.807, 2.05) is 12.3 Å². The number of hydrogen-bond acceptors (Lipinski definition) is 3. The van der Waals surface area contributed by atoms with Gasteiger partial charge < -0.3 is 4.74 Å².